The molecule has 0 fully saturated rings. The Balaban J connectivity index is 3.01. The van der Waals surface area contributed by atoms with Crippen molar-refractivity contribution in [2.75, 3.05) is 6.61 Å². The molecular weight excluding hydrogens is 188 g/mol. The van der Waals surface area contributed by atoms with E-state index in [0.717, 1.165) is 5.01 Å². The molecule has 0 radical (unpaired) electrons. The maximum atomic E-state index is 10.9. The minimum Gasteiger partial charge on any atom is -0.396 e. The third-order valence-electron chi connectivity index (χ3n) is 1.73. The normalized spacial score (nSPS) is 12.8. The van der Waals surface area contributed by atoms with E-state index in [-0.39, 0.29) is 12.5 Å². The molecule has 0 aromatic carbocycles. The highest BCUT2D eigenvalue weighted by Gasteiger charge is 2.15. The van der Waals surface area contributed by atoms with Crippen LogP contribution >= 0.6 is 11.3 Å². The first-order valence-electron chi connectivity index (χ1n) is 3.94. The van der Waals surface area contributed by atoms with Crippen molar-refractivity contribution >= 4 is 17.2 Å². The van der Waals surface area contributed by atoms with Gasteiger partial charge in [0.05, 0.1) is 17.3 Å². The van der Waals surface area contributed by atoms with E-state index in [2.05, 4.69) is 4.98 Å². The second-order valence-electron chi connectivity index (χ2n) is 2.91. The highest BCUT2D eigenvalue weighted by molar-refractivity contribution is 7.13. The predicted molar refractivity (Wildman–Crippen MR) is 50.9 cm³/mol. The first-order valence-corrected chi connectivity index (χ1v) is 4.76. The Morgan fingerprint density at radius 3 is 2.77 bits per heavy atom. The predicted octanol–water partition coefficient (Wildman–Crippen LogP) is 0.646. The third kappa shape index (κ3) is 2.05. The summed E-state index contributed by atoms with van der Waals surface area (Å²) in [7, 11) is 0. The number of nitrogens with zero attached hydrogens (tertiary/aromatic N) is 1. The first kappa shape index (κ1) is 10.1. The number of hydrogen-bond donors (Lipinski definition) is 2. The summed E-state index contributed by atoms with van der Waals surface area (Å²) in [6, 6.07) is 0. The minimum atomic E-state index is -0.452. The topological polar surface area (TPSA) is 76.2 Å². The maximum Gasteiger partial charge on any atom is 0.260 e. The summed E-state index contributed by atoms with van der Waals surface area (Å²) < 4.78 is 0. The van der Waals surface area contributed by atoms with Crippen LogP contribution in [0.5, 0.6) is 0 Å². The number of hydrogen-bond acceptors (Lipinski definition) is 4. The molecule has 4 nitrogen and oxygen atoms in total. The lowest BCUT2D eigenvalue weighted by Gasteiger charge is -2.00. The zero-order chi connectivity index (χ0) is 10.0. The number of aromatic nitrogens is 1. The lowest BCUT2D eigenvalue weighted by molar-refractivity contribution is 0.100. The number of carbonyl (C=O) groups is 1. The third-order valence-corrected chi connectivity index (χ3v) is 3.14. The van der Waals surface area contributed by atoms with Crippen molar-refractivity contribution in [3.05, 3.63) is 15.6 Å². The quantitative estimate of drug-likeness (QED) is 0.752. The fraction of sp³-hybridized carbons (Fsp3) is 0.500. The van der Waals surface area contributed by atoms with Gasteiger partial charge in [0.15, 0.2) is 0 Å². The molecule has 1 amide bonds. The Morgan fingerprint density at radius 2 is 2.38 bits per heavy atom. The number of amides is 1. The first-order chi connectivity index (χ1) is 6.06. The molecule has 1 heterocycles. The van der Waals surface area contributed by atoms with Crippen molar-refractivity contribution in [3.8, 4) is 0 Å². The number of aliphatic hydroxyl groups is 1. The number of carbonyl (C=O) groups excluding carboxylic acids is 1. The Bertz CT molecular complexity index is 322. The average molecular weight is 200 g/mol. The fourth-order valence-electron chi connectivity index (χ4n) is 0.935. The van der Waals surface area contributed by atoms with Gasteiger partial charge in [-0.1, -0.05) is 6.92 Å². The molecule has 0 aliphatic carbocycles. The van der Waals surface area contributed by atoms with Crippen LogP contribution in [0.15, 0.2) is 0 Å². The Kier molecular flexibility index (Phi) is 3.00. The van der Waals surface area contributed by atoms with Gasteiger partial charge in [-0.15, -0.1) is 11.3 Å². The molecule has 1 atom stereocenters. The molecule has 0 saturated heterocycles. The number of rotatable bonds is 3. The summed E-state index contributed by atoms with van der Waals surface area (Å²) in [5.74, 6) is -0.483. The summed E-state index contributed by atoms with van der Waals surface area (Å²) in [5, 5.41) is 9.64. The molecule has 0 aliphatic heterocycles. The monoisotopic (exact) mass is 200 g/mol. The second kappa shape index (κ2) is 3.85. The fourth-order valence-corrected chi connectivity index (χ4v) is 1.90. The van der Waals surface area contributed by atoms with Crippen molar-refractivity contribution in [1.82, 2.24) is 4.98 Å². The van der Waals surface area contributed by atoms with Gasteiger partial charge in [-0.2, -0.15) is 0 Å². The smallest absolute Gasteiger partial charge is 0.260 e. The van der Waals surface area contributed by atoms with E-state index in [9.17, 15) is 4.79 Å². The van der Waals surface area contributed by atoms with Crippen LogP contribution in [-0.2, 0) is 0 Å². The molecule has 13 heavy (non-hydrogen) atoms. The van der Waals surface area contributed by atoms with Gasteiger partial charge in [-0.3, -0.25) is 4.79 Å². The number of nitrogens with two attached hydrogens (primary N) is 1. The lowest BCUT2D eigenvalue weighted by atomic mass is 10.2. The van der Waals surface area contributed by atoms with Gasteiger partial charge in [0.2, 0.25) is 0 Å². The second-order valence-corrected chi connectivity index (χ2v) is 3.95. The number of aryl methyl sites for hydroxylation is 1. The van der Waals surface area contributed by atoms with Crippen molar-refractivity contribution in [1.29, 1.82) is 0 Å². The molecule has 5 heteroatoms. The van der Waals surface area contributed by atoms with Crippen molar-refractivity contribution in [2.45, 2.75) is 19.8 Å². The lowest BCUT2D eigenvalue weighted by Crippen LogP contribution is -2.10. The summed E-state index contributed by atoms with van der Waals surface area (Å²) in [5.41, 5.74) is 5.78. The van der Waals surface area contributed by atoms with E-state index in [1.165, 1.54) is 11.3 Å². The summed E-state index contributed by atoms with van der Waals surface area (Å²) in [4.78, 5) is 15.5. The maximum absolute atomic E-state index is 10.9. The molecule has 1 rings (SSSR count). The molecule has 0 bridgehead atoms. The highest BCUT2D eigenvalue weighted by Crippen LogP contribution is 2.23. The molecule has 0 spiro atoms. The molecule has 72 valence electrons. The number of aliphatic hydroxyl groups excluding tert-OH is 1. The van der Waals surface area contributed by atoms with E-state index in [1.807, 2.05) is 6.92 Å². The largest absolute Gasteiger partial charge is 0.396 e. The summed E-state index contributed by atoms with van der Waals surface area (Å²) in [6.07, 6.45) is 0. The van der Waals surface area contributed by atoms with Gasteiger partial charge in [-0.05, 0) is 6.92 Å². The SMILES string of the molecule is Cc1nc(C(C)CO)sc1C(N)=O. The highest BCUT2D eigenvalue weighted by atomic mass is 32.1. The van der Waals surface area contributed by atoms with Gasteiger partial charge in [-0.25, -0.2) is 4.98 Å². The molecule has 1 aromatic rings. The number of primary amides is 1. The van der Waals surface area contributed by atoms with Crippen LogP contribution in [0.4, 0.5) is 0 Å². The van der Waals surface area contributed by atoms with E-state index in [0.29, 0.717) is 10.6 Å². The Morgan fingerprint density at radius 1 is 1.77 bits per heavy atom. The van der Waals surface area contributed by atoms with Crippen LogP contribution in [0.1, 0.15) is 33.2 Å². The van der Waals surface area contributed by atoms with Gasteiger partial charge >= 0.3 is 0 Å². The molecule has 1 aromatic heterocycles. The van der Waals surface area contributed by atoms with E-state index in [4.69, 9.17) is 10.8 Å². The minimum absolute atomic E-state index is 0.0307. The summed E-state index contributed by atoms with van der Waals surface area (Å²) >= 11 is 1.25. The van der Waals surface area contributed by atoms with E-state index in [1.54, 1.807) is 6.92 Å². The molecule has 3 N–H and O–H groups in total. The van der Waals surface area contributed by atoms with Crippen LogP contribution in [0.25, 0.3) is 0 Å². The van der Waals surface area contributed by atoms with E-state index < -0.39 is 5.91 Å². The molecule has 1 unspecified atom stereocenters. The van der Waals surface area contributed by atoms with Gasteiger partial charge in [0.1, 0.15) is 4.88 Å². The van der Waals surface area contributed by atoms with E-state index >= 15 is 0 Å². The van der Waals surface area contributed by atoms with Crippen LogP contribution in [-0.4, -0.2) is 22.6 Å². The zero-order valence-corrected chi connectivity index (χ0v) is 8.39. The Labute approximate surface area is 80.4 Å². The zero-order valence-electron chi connectivity index (χ0n) is 7.57. The van der Waals surface area contributed by atoms with Crippen LogP contribution in [0.3, 0.4) is 0 Å². The van der Waals surface area contributed by atoms with Crippen molar-refractivity contribution < 1.29 is 9.90 Å². The summed E-state index contributed by atoms with van der Waals surface area (Å²) in [6.45, 7) is 3.62. The van der Waals surface area contributed by atoms with Crippen LogP contribution < -0.4 is 5.73 Å². The molecular formula is C8H12N2O2S. The van der Waals surface area contributed by atoms with Gasteiger partial charge < -0.3 is 10.8 Å². The van der Waals surface area contributed by atoms with Crippen molar-refractivity contribution in [2.24, 2.45) is 5.73 Å². The average Bonchev–Trinajstić information content (AvgIpc) is 2.46. The van der Waals surface area contributed by atoms with Crippen LogP contribution in [0, 0.1) is 6.92 Å². The van der Waals surface area contributed by atoms with Crippen molar-refractivity contribution in [3.63, 3.8) is 0 Å². The standard InChI is InChI=1S/C8H12N2O2S/c1-4(3-11)8-10-5(2)6(13-8)7(9)12/h4,11H,3H2,1-2H3,(H2,9,12). The number of thiazole rings is 1. The van der Waals surface area contributed by atoms with Gasteiger partial charge in [0, 0.05) is 5.92 Å². The van der Waals surface area contributed by atoms with Gasteiger partial charge in [0.25, 0.3) is 5.91 Å². The Hall–Kier alpha value is -0.940. The van der Waals surface area contributed by atoms with Crippen LogP contribution in [0.2, 0.25) is 0 Å². The molecule has 0 saturated carbocycles. The molecule has 0 aliphatic rings.